The normalized spacial score (nSPS) is 23.3. The minimum absolute atomic E-state index is 0.00450. The molecule has 2 aliphatic heterocycles. The first-order valence-corrected chi connectivity index (χ1v) is 8.41. The second-order valence-corrected chi connectivity index (χ2v) is 6.79. The first-order chi connectivity index (χ1) is 11.1. The maximum absolute atomic E-state index is 12.7. The summed E-state index contributed by atoms with van der Waals surface area (Å²) in [5, 5.41) is 9.83. The molecule has 1 amide bonds. The van der Waals surface area contributed by atoms with Crippen molar-refractivity contribution in [2.45, 2.75) is 32.1 Å². The number of fused-ring (bicyclic) bond motifs is 3. The van der Waals surface area contributed by atoms with Crippen LogP contribution in [-0.2, 0) is 11.3 Å². The largest absolute Gasteiger partial charge is 0.370 e. The number of amides is 1. The van der Waals surface area contributed by atoms with E-state index in [1.165, 1.54) is 18.3 Å². The number of hydrogen-bond acceptors (Lipinski definition) is 6. The number of rotatable bonds is 2. The van der Waals surface area contributed by atoms with Crippen LogP contribution < -0.4 is 0 Å². The summed E-state index contributed by atoms with van der Waals surface area (Å²) in [7, 11) is 0. The summed E-state index contributed by atoms with van der Waals surface area (Å²) in [6.45, 7) is 3.23. The smallest absolute Gasteiger partial charge is 0.254 e. The number of hydrogen-bond donors (Lipinski definition) is 0. The van der Waals surface area contributed by atoms with Gasteiger partial charge in [0.15, 0.2) is 5.78 Å². The fourth-order valence-electron chi connectivity index (χ4n) is 3.18. The molecule has 4 heterocycles. The first kappa shape index (κ1) is 14.5. The van der Waals surface area contributed by atoms with E-state index in [2.05, 4.69) is 10.3 Å². The Bertz CT molecular complexity index is 768. The van der Waals surface area contributed by atoms with Crippen LogP contribution in [0.2, 0.25) is 0 Å². The Morgan fingerprint density at radius 3 is 3.09 bits per heavy atom. The molecule has 0 aliphatic carbocycles. The van der Waals surface area contributed by atoms with Gasteiger partial charge in [-0.2, -0.15) is 0 Å². The van der Waals surface area contributed by atoms with Crippen molar-refractivity contribution < 1.29 is 14.3 Å². The van der Waals surface area contributed by atoms with Crippen LogP contribution in [0.4, 0.5) is 0 Å². The third-order valence-electron chi connectivity index (χ3n) is 4.41. The summed E-state index contributed by atoms with van der Waals surface area (Å²) in [6.07, 6.45) is 2.55. The number of ether oxygens (including phenoxy) is 1. The molecule has 4 rings (SSSR count). The Morgan fingerprint density at radius 1 is 1.43 bits per heavy atom. The van der Waals surface area contributed by atoms with Gasteiger partial charge in [-0.3, -0.25) is 9.59 Å². The molecule has 0 spiro atoms. The van der Waals surface area contributed by atoms with Crippen LogP contribution in [0.3, 0.4) is 0 Å². The molecule has 23 heavy (non-hydrogen) atoms. The molecule has 2 aromatic heterocycles. The lowest BCUT2D eigenvalue weighted by Gasteiger charge is -2.40. The predicted octanol–water partition coefficient (Wildman–Crippen LogP) is 1.53. The summed E-state index contributed by atoms with van der Waals surface area (Å²) < 4.78 is 7.73. The van der Waals surface area contributed by atoms with Crippen molar-refractivity contribution in [3.8, 4) is 0 Å². The summed E-state index contributed by atoms with van der Waals surface area (Å²) in [6, 6.07) is 1.68. The van der Waals surface area contributed by atoms with Crippen LogP contribution in [0, 0.1) is 0 Å². The zero-order chi connectivity index (χ0) is 16.0. The molecule has 0 aromatic carbocycles. The van der Waals surface area contributed by atoms with Crippen LogP contribution in [0.5, 0.6) is 0 Å². The third kappa shape index (κ3) is 2.47. The van der Waals surface area contributed by atoms with E-state index in [1.807, 2.05) is 9.58 Å². The van der Waals surface area contributed by atoms with Crippen molar-refractivity contribution in [2.24, 2.45) is 0 Å². The highest BCUT2D eigenvalue weighted by molar-refractivity contribution is 7.12. The first-order valence-electron chi connectivity index (χ1n) is 7.53. The zero-order valence-electron chi connectivity index (χ0n) is 12.6. The highest BCUT2D eigenvalue weighted by Crippen LogP contribution is 2.31. The number of likely N-dealkylation sites (tertiary alicyclic amines) is 1. The zero-order valence-corrected chi connectivity index (χ0v) is 13.5. The number of piperidine rings is 1. The maximum Gasteiger partial charge on any atom is 0.254 e. The second kappa shape index (κ2) is 5.54. The van der Waals surface area contributed by atoms with E-state index >= 15 is 0 Å². The van der Waals surface area contributed by atoms with Gasteiger partial charge in [-0.25, -0.2) is 4.68 Å². The van der Waals surface area contributed by atoms with Crippen molar-refractivity contribution in [1.29, 1.82) is 0 Å². The lowest BCUT2D eigenvalue weighted by Crippen LogP contribution is -2.49. The Morgan fingerprint density at radius 2 is 2.30 bits per heavy atom. The van der Waals surface area contributed by atoms with Crippen LogP contribution >= 0.6 is 11.3 Å². The highest BCUT2D eigenvalue weighted by atomic mass is 32.1. The minimum atomic E-state index is -0.0422. The van der Waals surface area contributed by atoms with Gasteiger partial charge in [0.05, 0.1) is 41.1 Å². The average molecular weight is 332 g/mol. The number of Topliss-reactive ketones (excluding diaryl/α,β-unsaturated/α-hetero) is 1. The van der Waals surface area contributed by atoms with Gasteiger partial charge in [-0.1, -0.05) is 5.21 Å². The van der Waals surface area contributed by atoms with E-state index in [9.17, 15) is 9.59 Å². The van der Waals surface area contributed by atoms with E-state index in [0.717, 1.165) is 12.1 Å². The van der Waals surface area contributed by atoms with Crippen molar-refractivity contribution in [2.75, 3.05) is 13.1 Å². The highest BCUT2D eigenvalue weighted by Gasteiger charge is 2.38. The van der Waals surface area contributed by atoms with Gasteiger partial charge in [0, 0.05) is 18.5 Å². The number of ketones is 1. The number of nitrogens with zero attached hydrogens (tertiary/aromatic N) is 4. The Balaban J connectivity index is 1.55. The summed E-state index contributed by atoms with van der Waals surface area (Å²) in [5.74, 6) is -0.0554. The molecular weight excluding hydrogens is 316 g/mol. The Labute approximate surface area is 136 Å². The van der Waals surface area contributed by atoms with Crippen LogP contribution in [0.25, 0.3) is 0 Å². The predicted molar refractivity (Wildman–Crippen MR) is 82.5 cm³/mol. The average Bonchev–Trinajstić information content (AvgIpc) is 3.22. The van der Waals surface area contributed by atoms with Gasteiger partial charge in [-0.15, -0.1) is 16.4 Å². The van der Waals surface area contributed by atoms with E-state index < -0.39 is 0 Å². The van der Waals surface area contributed by atoms with Crippen LogP contribution in [-0.4, -0.2) is 50.8 Å². The van der Waals surface area contributed by atoms with Gasteiger partial charge in [-0.05, 0) is 19.4 Å². The van der Waals surface area contributed by atoms with Crippen LogP contribution in [0.15, 0.2) is 17.6 Å². The van der Waals surface area contributed by atoms with Crippen molar-refractivity contribution in [3.05, 3.63) is 33.8 Å². The van der Waals surface area contributed by atoms with E-state index in [4.69, 9.17) is 4.74 Å². The topological polar surface area (TPSA) is 77.3 Å². The molecule has 8 heteroatoms. The number of carbonyl (C=O) groups is 2. The molecule has 120 valence electrons. The molecule has 7 nitrogen and oxygen atoms in total. The molecule has 2 aliphatic rings. The fraction of sp³-hybridized carbons (Fsp3) is 0.467. The van der Waals surface area contributed by atoms with E-state index in [1.54, 1.807) is 17.6 Å². The number of carbonyl (C=O) groups excluding carboxylic acids is 2. The van der Waals surface area contributed by atoms with Crippen LogP contribution in [0.1, 0.15) is 45.1 Å². The third-order valence-corrected chi connectivity index (χ3v) is 5.44. The molecule has 1 saturated heterocycles. The summed E-state index contributed by atoms with van der Waals surface area (Å²) in [4.78, 5) is 26.5. The quantitative estimate of drug-likeness (QED) is 0.780. The van der Waals surface area contributed by atoms with E-state index in [0.29, 0.717) is 30.1 Å². The monoisotopic (exact) mass is 332 g/mol. The molecule has 1 fully saturated rings. The molecule has 2 aromatic rings. The van der Waals surface area contributed by atoms with Gasteiger partial charge in [0.25, 0.3) is 5.91 Å². The molecule has 0 bridgehead atoms. The second-order valence-electron chi connectivity index (χ2n) is 5.88. The van der Waals surface area contributed by atoms with Gasteiger partial charge >= 0.3 is 0 Å². The van der Waals surface area contributed by atoms with Crippen molar-refractivity contribution >= 4 is 23.0 Å². The fourth-order valence-corrected chi connectivity index (χ4v) is 3.96. The summed E-state index contributed by atoms with van der Waals surface area (Å²) >= 11 is 1.31. The maximum atomic E-state index is 12.7. The molecule has 0 N–H and O–H groups in total. The van der Waals surface area contributed by atoms with Crippen molar-refractivity contribution in [1.82, 2.24) is 19.9 Å². The molecule has 0 saturated carbocycles. The van der Waals surface area contributed by atoms with Gasteiger partial charge in [0.1, 0.15) is 0 Å². The molecule has 0 radical (unpaired) electrons. The molecule has 2 atom stereocenters. The number of thiophene rings is 1. The molecular formula is C15H16N4O3S. The van der Waals surface area contributed by atoms with Crippen molar-refractivity contribution in [3.63, 3.8) is 0 Å². The summed E-state index contributed by atoms with van der Waals surface area (Å²) in [5.41, 5.74) is 1.52. The van der Waals surface area contributed by atoms with E-state index in [-0.39, 0.29) is 23.8 Å². The van der Waals surface area contributed by atoms with Gasteiger partial charge < -0.3 is 9.64 Å². The SMILES string of the molecule is CC(=O)c1cc(C(=O)N2CC[C@H]3OCc4cnnn4[C@H]3C2)cs1. The van der Waals surface area contributed by atoms with Gasteiger partial charge in [0.2, 0.25) is 0 Å². The standard InChI is InChI=1S/C15H16N4O3S/c1-9(20)14-4-10(8-23-14)15(21)18-3-2-13-12(6-18)19-11(7-22-13)5-16-17-19/h4-5,8,12-13H,2-3,6-7H2,1H3/t12-,13+/m0/s1. The lowest BCUT2D eigenvalue weighted by atomic mass is 10.00. The lowest BCUT2D eigenvalue weighted by molar-refractivity contribution is -0.0605. The minimum Gasteiger partial charge on any atom is -0.370 e. The number of aromatic nitrogens is 3. The Kier molecular flexibility index (Phi) is 3.50. The Hall–Kier alpha value is -2.06. The molecule has 0 unspecified atom stereocenters.